The number of carboxylic acid groups (broad SMARTS) is 1. The Kier molecular flexibility index (Phi) is 6.18. The number of aliphatic carboxylic acids is 1. The number of nitrogens with one attached hydrogen (secondary N) is 1. The van der Waals surface area contributed by atoms with Gasteiger partial charge in [-0.1, -0.05) is 12.1 Å². The van der Waals surface area contributed by atoms with Crippen LogP contribution in [0.2, 0.25) is 0 Å². The fraction of sp³-hybridized carbons (Fsp3) is 0.529. The van der Waals surface area contributed by atoms with Crippen LogP contribution in [-0.4, -0.2) is 48.6 Å². The molecule has 2 N–H and O–H groups in total. The van der Waals surface area contributed by atoms with Crippen LogP contribution in [0.3, 0.4) is 0 Å². The number of rotatable bonds is 6. The fourth-order valence-corrected chi connectivity index (χ4v) is 3.41. The summed E-state index contributed by atoms with van der Waals surface area (Å²) in [5.41, 5.74) is 1.23. The van der Waals surface area contributed by atoms with Crippen molar-refractivity contribution in [1.29, 1.82) is 0 Å². The molecule has 1 aliphatic rings. The van der Waals surface area contributed by atoms with Gasteiger partial charge in [-0.15, -0.1) is 0 Å². The second-order valence-corrected chi connectivity index (χ2v) is 8.44. The third-order valence-corrected chi connectivity index (χ3v) is 5.91. The van der Waals surface area contributed by atoms with E-state index >= 15 is 0 Å². The second-order valence-electron chi connectivity index (χ2n) is 6.34. The highest BCUT2D eigenvalue weighted by molar-refractivity contribution is 7.89. The average molecular weight is 368 g/mol. The number of nitrogens with zero attached hydrogens (tertiary/aromatic N) is 1. The highest BCUT2D eigenvalue weighted by Crippen LogP contribution is 2.24. The van der Waals surface area contributed by atoms with Gasteiger partial charge in [0, 0.05) is 24.7 Å². The molecule has 7 nitrogen and oxygen atoms in total. The number of likely N-dealkylation sites (tertiary alicyclic amines) is 1. The molecule has 0 bridgehead atoms. The SMILES string of the molecule is CCS(=O)(=O)NCc1ccc(C(=O)N2CC(C(=O)O)CCC2C)cc1. The number of hydrogen-bond donors (Lipinski definition) is 2. The molecule has 25 heavy (non-hydrogen) atoms. The van der Waals surface area contributed by atoms with Crippen molar-refractivity contribution in [3.05, 3.63) is 35.4 Å². The molecule has 0 radical (unpaired) electrons. The summed E-state index contributed by atoms with van der Waals surface area (Å²) in [6, 6.07) is 6.70. The van der Waals surface area contributed by atoms with Gasteiger partial charge in [-0.05, 0) is 44.4 Å². The smallest absolute Gasteiger partial charge is 0.308 e. The molecule has 1 heterocycles. The number of carboxylic acids is 1. The van der Waals surface area contributed by atoms with Crippen LogP contribution in [0.4, 0.5) is 0 Å². The number of sulfonamides is 1. The number of benzene rings is 1. The Morgan fingerprint density at radius 1 is 1.24 bits per heavy atom. The Morgan fingerprint density at radius 3 is 2.44 bits per heavy atom. The molecule has 0 aromatic heterocycles. The highest BCUT2D eigenvalue weighted by Gasteiger charge is 2.32. The zero-order chi connectivity index (χ0) is 18.6. The van der Waals surface area contributed by atoms with Gasteiger partial charge in [0.05, 0.1) is 11.7 Å². The predicted molar refractivity (Wildman–Crippen MR) is 93.6 cm³/mol. The Hall–Kier alpha value is -1.93. The molecule has 0 spiro atoms. The maximum Gasteiger partial charge on any atom is 0.308 e. The van der Waals surface area contributed by atoms with E-state index in [0.717, 1.165) is 5.56 Å². The van der Waals surface area contributed by atoms with E-state index in [1.165, 1.54) is 0 Å². The lowest BCUT2D eigenvalue weighted by atomic mass is 9.93. The first-order chi connectivity index (χ1) is 11.7. The maximum atomic E-state index is 12.7. The second kappa shape index (κ2) is 7.97. The van der Waals surface area contributed by atoms with Crippen LogP contribution in [0.15, 0.2) is 24.3 Å². The summed E-state index contributed by atoms with van der Waals surface area (Å²) in [6.07, 6.45) is 1.25. The van der Waals surface area contributed by atoms with E-state index in [1.807, 2.05) is 6.92 Å². The minimum absolute atomic E-state index is 0.000796. The number of carbonyl (C=O) groups excluding carboxylic acids is 1. The van der Waals surface area contributed by atoms with Crippen molar-refractivity contribution in [2.24, 2.45) is 5.92 Å². The molecule has 0 aliphatic carbocycles. The molecule has 2 unspecified atom stereocenters. The Morgan fingerprint density at radius 2 is 1.88 bits per heavy atom. The van der Waals surface area contributed by atoms with Crippen LogP contribution < -0.4 is 4.72 Å². The molecule has 0 saturated carbocycles. The van der Waals surface area contributed by atoms with E-state index < -0.39 is 21.9 Å². The van der Waals surface area contributed by atoms with Crippen LogP contribution in [-0.2, 0) is 21.4 Å². The lowest BCUT2D eigenvalue weighted by molar-refractivity contribution is -0.143. The number of piperidine rings is 1. The number of amides is 1. The standard InChI is InChI=1S/C17H24N2O5S/c1-3-25(23,24)18-10-13-5-8-14(9-6-13)16(20)19-11-15(17(21)22)7-4-12(19)2/h5-6,8-9,12,15,18H,3-4,7,10-11H2,1-2H3,(H,21,22). The van der Waals surface area contributed by atoms with E-state index in [-0.39, 0.29) is 30.8 Å². The quantitative estimate of drug-likeness (QED) is 0.791. The first-order valence-corrected chi connectivity index (χ1v) is 9.98. The normalized spacial score (nSPS) is 21.1. The van der Waals surface area contributed by atoms with Gasteiger partial charge in [0.15, 0.2) is 0 Å². The lowest BCUT2D eigenvalue weighted by Crippen LogP contribution is -2.47. The van der Waals surface area contributed by atoms with E-state index in [2.05, 4.69) is 4.72 Å². The molecular formula is C17H24N2O5S. The van der Waals surface area contributed by atoms with E-state index in [4.69, 9.17) is 0 Å². The molecular weight excluding hydrogens is 344 g/mol. The highest BCUT2D eigenvalue weighted by atomic mass is 32.2. The van der Waals surface area contributed by atoms with Crippen molar-refractivity contribution in [3.63, 3.8) is 0 Å². The van der Waals surface area contributed by atoms with Crippen LogP contribution in [0, 0.1) is 5.92 Å². The van der Waals surface area contributed by atoms with Crippen LogP contribution in [0.25, 0.3) is 0 Å². The van der Waals surface area contributed by atoms with Gasteiger partial charge < -0.3 is 10.0 Å². The molecule has 2 atom stereocenters. The molecule has 8 heteroatoms. The molecule has 2 rings (SSSR count). The van der Waals surface area contributed by atoms with Crippen molar-refractivity contribution in [3.8, 4) is 0 Å². The third-order valence-electron chi connectivity index (χ3n) is 4.57. The van der Waals surface area contributed by atoms with E-state index in [1.54, 1.807) is 36.1 Å². The summed E-state index contributed by atoms with van der Waals surface area (Å²) in [7, 11) is -3.26. The molecule has 138 valence electrons. The molecule has 1 aromatic carbocycles. The van der Waals surface area contributed by atoms with Crippen LogP contribution in [0.1, 0.15) is 42.6 Å². The van der Waals surface area contributed by atoms with Crippen molar-refractivity contribution in [2.45, 2.75) is 39.3 Å². The van der Waals surface area contributed by atoms with Crippen molar-refractivity contribution in [2.75, 3.05) is 12.3 Å². The largest absolute Gasteiger partial charge is 0.481 e. The topological polar surface area (TPSA) is 104 Å². The van der Waals surface area contributed by atoms with Gasteiger partial charge in [-0.25, -0.2) is 13.1 Å². The van der Waals surface area contributed by atoms with E-state index in [9.17, 15) is 23.1 Å². The van der Waals surface area contributed by atoms with Crippen molar-refractivity contribution < 1.29 is 23.1 Å². The van der Waals surface area contributed by atoms with Gasteiger partial charge in [0.25, 0.3) is 5.91 Å². The molecule has 1 saturated heterocycles. The summed E-state index contributed by atoms with van der Waals surface area (Å²) in [6.45, 7) is 3.87. The lowest BCUT2D eigenvalue weighted by Gasteiger charge is -2.36. The Labute approximate surface area is 148 Å². The zero-order valence-corrected chi connectivity index (χ0v) is 15.3. The van der Waals surface area contributed by atoms with Crippen molar-refractivity contribution in [1.82, 2.24) is 9.62 Å². The molecule has 1 aliphatic heterocycles. The van der Waals surface area contributed by atoms with Gasteiger partial charge >= 0.3 is 5.97 Å². The third kappa shape index (κ3) is 5.02. The minimum Gasteiger partial charge on any atom is -0.481 e. The monoisotopic (exact) mass is 368 g/mol. The summed E-state index contributed by atoms with van der Waals surface area (Å²) in [5, 5.41) is 9.18. The van der Waals surface area contributed by atoms with Crippen molar-refractivity contribution >= 4 is 21.9 Å². The molecule has 1 aromatic rings. The Bertz CT molecular complexity index is 730. The molecule has 1 fully saturated rings. The van der Waals surface area contributed by atoms with Crippen LogP contribution in [0.5, 0.6) is 0 Å². The number of hydrogen-bond acceptors (Lipinski definition) is 4. The van der Waals surface area contributed by atoms with Crippen LogP contribution >= 0.6 is 0 Å². The summed E-state index contributed by atoms with van der Waals surface area (Å²) in [4.78, 5) is 25.5. The predicted octanol–water partition coefficient (Wildman–Crippen LogP) is 1.45. The first-order valence-electron chi connectivity index (χ1n) is 8.33. The van der Waals surface area contributed by atoms with Gasteiger partial charge in [0.2, 0.25) is 10.0 Å². The van der Waals surface area contributed by atoms with E-state index in [0.29, 0.717) is 18.4 Å². The molecule has 1 amide bonds. The van der Waals surface area contributed by atoms with Gasteiger partial charge in [-0.2, -0.15) is 0 Å². The summed E-state index contributed by atoms with van der Waals surface area (Å²) < 4.78 is 25.4. The summed E-state index contributed by atoms with van der Waals surface area (Å²) >= 11 is 0. The first kappa shape index (κ1) is 19.4. The van der Waals surface area contributed by atoms with Gasteiger partial charge in [-0.3, -0.25) is 9.59 Å². The summed E-state index contributed by atoms with van der Waals surface area (Å²) in [5.74, 6) is -1.58. The van der Waals surface area contributed by atoms with Gasteiger partial charge in [0.1, 0.15) is 0 Å². The Balaban J connectivity index is 2.05. The maximum absolute atomic E-state index is 12.7. The average Bonchev–Trinajstić information content (AvgIpc) is 2.60. The zero-order valence-electron chi connectivity index (χ0n) is 14.4. The fourth-order valence-electron chi connectivity index (χ4n) is 2.82. The number of carbonyl (C=O) groups is 2. The minimum atomic E-state index is -3.26.